The third-order valence-electron chi connectivity index (χ3n) is 1.80. The van der Waals surface area contributed by atoms with Gasteiger partial charge >= 0.3 is 0 Å². The highest BCUT2D eigenvalue weighted by molar-refractivity contribution is 5.77. The molecule has 0 bridgehead atoms. The second kappa shape index (κ2) is 10.2. The standard InChI is InChI=1S/C10H13NO.2C2H6/c1-7(2)9-3-8(6-12)4-10(11)5-9;2*1-2/h3-7H,11H2,1-2H3;2*1-2H3. The van der Waals surface area contributed by atoms with Crippen LogP contribution in [0.2, 0.25) is 0 Å². The Morgan fingerprint density at radius 3 is 1.94 bits per heavy atom. The molecule has 0 aliphatic rings. The van der Waals surface area contributed by atoms with Crippen LogP contribution in [-0.4, -0.2) is 6.29 Å². The first-order chi connectivity index (χ1) is 7.63. The second-order valence-corrected chi connectivity index (χ2v) is 3.21. The minimum absolute atomic E-state index is 0.409. The summed E-state index contributed by atoms with van der Waals surface area (Å²) < 4.78 is 0. The number of carbonyl (C=O) groups is 1. The van der Waals surface area contributed by atoms with Gasteiger partial charge < -0.3 is 5.73 Å². The van der Waals surface area contributed by atoms with Crippen LogP contribution in [0.25, 0.3) is 0 Å². The van der Waals surface area contributed by atoms with Gasteiger partial charge in [-0.3, -0.25) is 4.79 Å². The first-order valence-corrected chi connectivity index (χ1v) is 5.99. The number of rotatable bonds is 2. The Labute approximate surface area is 99.9 Å². The summed E-state index contributed by atoms with van der Waals surface area (Å²) in [6.45, 7) is 12.1. The lowest BCUT2D eigenvalue weighted by Gasteiger charge is -2.06. The zero-order valence-corrected chi connectivity index (χ0v) is 11.4. The normalized spacial score (nSPS) is 8.44. The van der Waals surface area contributed by atoms with Crippen molar-refractivity contribution in [3.63, 3.8) is 0 Å². The van der Waals surface area contributed by atoms with Crippen LogP contribution < -0.4 is 5.73 Å². The Bertz CT molecular complexity index is 293. The smallest absolute Gasteiger partial charge is 0.150 e. The fourth-order valence-electron chi connectivity index (χ4n) is 1.10. The van der Waals surface area contributed by atoms with Crippen molar-refractivity contribution in [2.24, 2.45) is 0 Å². The SMILES string of the molecule is CC.CC.CC(C)c1cc(N)cc(C=O)c1. The minimum Gasteiger partial charge on any atom is -0.399 e. The Morgan fingerprint density at radius 2 is 1.56 bits per heavy atom. The molecule has 1 aromatic rings. The van der Waals surface area contributed by atoms with Crippen molar-refractivity contribution in [3.8, 4) is 0 Å². The van der Waals surface area contributed by atoms with Crippen LogP contribution in [0.5, 0.6) is 0 Å². The molecule has 0 aliphatic heterocycles. The van der Waals surface area contributed by atoms with Gasteiger partial charge in [-0.05, 0) is 29.7 Å². The first kappa shape index (κ1) is 17.1. The van der Waals surface area contributed by atoms with Gasteiger partial charge in [-0.25, -0.2) is 0 Å². The molecule has 1 rings (SSSR count). The van der Waals surface area contributed by atoms with Gasteiger partial charge in [-0.2, -0.15) is 0 Å². The van der Waals surface area contributed by atoms with E-state index in [0.29, 0.717) is 17.2 Å². The van der Waals surface area contributed by atoms with Gasteiger partial charge in [0.05, 0.1) is 0 Å². The third kappa shape index (κ3) is 6.23. The Hall–Kier alpha value is -1.31. The van der Waals surface area contributed by atoms with E-state index >= 15 is 0 Å². The van der Waals surface area contributed by atoms with Gasteiger partial charge in [-0.1, -0.05) is 41.5 Å². The van der Waals surface area contributed by atoms with E-state index in [9.17, 15) is 4.79 Å². The lowest BCUT2D eigenvalue weighted by atomic mass is 10.0. The summed E-state index contributed by atoms with van der Waals surface area (Å²) >= 11 is 0. The molecule has 0 amide bonds. The van der Waals surface area contributed by atoms with Crippen LogP contribution in [0.15, 0.2) is 18.2 Å². The van der Waals surface area contributed by atoms with Crippen LogP contribution >= 0.6 is 0 Å². The molecule has 0 heterocycles. The summed E-state index contributed by atoms with van der Waals surface area (Å²) in [4.78, 5) is 10.5. The highest BCUT2D eigenvalue weighted by atomic mass is 16.1. The van der Waals surface area contributed by atoms with Gasteiger partial charge in [0.25, 0.3) is 0 Å². The topological polar surface area (TPSA) is 43.1 Å². The molecule has 0 aliphatic carbocycles. The van der Waals surface area contributed by atoms with E-state index in [0.717, 1.165) is 11.8 Å². The number of aldehydes is 1. The lowest BCUT2D eigenvalue weighted by Crippen LogP contribution is -1.94. The van der Waals surface area contributed by atoms with Crippen LogP contribution in [-0.2, 0) is 0 Å². The summed E-state index contributed by atoms with van der Waals surface area (Å²) in [5.74, 6) is 0.409. The van der Waals surface area contributed by atoms with Crippen LogP contribution in [0.4, 0.5) is 5.69 Å². The summed E-state index contributed by atoms with van der Waals surface area (Å²) in [6, 6.07) is 5.45. The number of benzene rings is 1. The minimum atomic E-state index is 0.409. The first-order valence-electron chi connectivity index (χ1n) is 5.99. The van der Waals surface area contributed by atoms with E-state index in [1.165, 1.54) is 0 Å². The largest absolute Gasteiger partial charge is 0.399 e. The fourth-order valence-corrected chi connectivity index (χ4v) is 1.10. The Morgan fingerprint density at radius 1 is 1.06 bits per heavy atom. The summed E-state index contributed by atoms with van der Waals surface area (Å²) in [5.41, 5.74) is 8.03. The number of nitrogen functional groups attached to an aromatic ring is 1. The van der Waals surface area contributed by atoms with E-state index in [2.05, 4.69) is 13.8 Å². The van der Waals surface area contributed by atoms with Crippen molar-refractivity contribution in [2.75, 3.05) is 5.73 Å². The zero-order chi connectivity index (χ0) is 13.1. The quantitative estimate of drug-likeness (QED) is 0.601. The monoisotopic (exact) mass is 223 g/mol. The van der Waals surface area contributed by atoms with E-state index in [4.69, 9.17) is 5.73 Å². The summed E-state index contributed by atoms with van der Waals surface area (Å²) in [5, 5.41) is 0. The maximum absolute atomic E-state index is 10.5. The van der Waals surface area contributed by atoms with Gasteiger partial charge in [-0.15, -0.1) is 0 Å². The van der Waals surface area contributed by atoms with Crippen molar-refractivity contribution in [3.05, 3.63) is 29.3 Å². The zero-order valence-electron chi connectivity index (χ0n) is 11.4. The molecule has 2 heteroatoms. The molecule has 0 fully saturated rings. The number of carbonyl (C=O) groups excluding carboxylic acids is 1. The number of nitrogens with two attached hydrogens (primary N) is 1. The average molecular weight is 223 g/mol. The number of hydrogen-bond donors (Lipinski definition) is 1. The maximum atomic E-state index is 10.5. The predicted octanol–water partition coefficient (Wildman–Crippen LogP) is 4.26. The fraction of sp³-hybridized carbons (Fsp3) is 0.500. The van der Waals surface area contributed by atoms with Crippen molar-refractivity contribution < 1.29 is 4.79 Å². The van der Waals surface area contributed by atoms with E-state index in [1.54, 1.807) is 6.07 Å². The molecule has 1 aromatic carbocycles. The molecular formula is C14H25NO. The van der Waals surface area contributed by atoms with Crippen molar-refractivity contribution >= 4 is 12.0 Å². The summed E-state index contributed by atoms with van der Waals surface area (Å²) in [6.07, 6.45) is 0.822. The van der Waals surface area contributed by atoms with Gasteiger partial charge in [0.2, 0.25) is 0 Å². The molecule has 16 heavy (non-hydrogen) atoms. The molecule has 0 unspecified atom stereocenters. The molecule has 92 valence electrons. The molecule has 2 N–H and O–H groups in total. The van der Waals surface area contributed by atoms with Crippen molar-refractivity contribution in [1.82, 2.24) is 0 Å². The van der Waals surface area contributed by atoms with Gasteiger partial charge in [0, 0.05) is 11.3 Å². The maximum Gasteiger partial charge on any atom is 0.150 e. The van der Waals surface area contributed by atoms with E-state index in [1.807, 2.05) is 39.8 Å². The molecule has 0 radical (unpaired) electrons. The molecule has 2 nitrogen and oxygen atoms in total. The average Bonchev–Trinajstić information content (AvgIpc) is 2.33. The van der Waals surface area contributed by atoms with Gasteiger partial charge in [0.15, 0.2) is 0 Å². The second-order valence-electron chi connectivity index (χ2n) is 3.21. The highest BCUT2D eigenvalue weighted by Crippen LogP contribution is 2.18. The number of anilines is 1. The van der Waals surface area contributed by atoms with Gasteiger partial charge in [0.1, 0.15) is 6.29 Å². The van der Waals surface area contributed by atoms with E-state index < -0.39 is 0 Å². The summed E-state index contributed by atoms with van der Waals surface area (Å²) in [7, 11) is 0. The molecule has 0 saturated carbocycles. The Kier molecular flexibility index (Phi) is 10.9. The molecule has 0 atom stereocenters. The lowest BCUT2D eigenvalue weighted by molar-refractivity contribution is 0.112. The van der Waals surface area contributed by atoms with Crippen molar-refractivity contribution in [2.45, 2.75) is 47.5 Å². The van der Waals surface area contributed by atoms with Crippen LogP contribution in [0.1, 0.15) is 63.4 Å². The molecular weight excluding hydrogens is 198 g/mol. The van der Waals surface area contributed by atoms with Crippen LogP contribution in [0.3, 0.4) is 0 Å². The van der Waals surface area contributed by atoms with E-state index in [-0.39, 0.29) is 0 Å². The van der Waals surface area contributed by atoms with Crippen LogP contribution in [0, 0.1) is 0 Å². The van der Waals surface area contributed by atoms with Crippen molar-refractivity contribution in [1.29, 1.82) is 0 Å². The molecule has 0 aromatic heterocycles. The Balaban J connectivity index is 0. The number of hydrogen-bond acceptors (Lipinski definition) is 2. The highest BCUT2D eigenvalue weighted by Gasteiger charge is 2.01. The predicted molar refractivity (Wildman–Crippen MR) is 73.0 cm³/mol. The third-order valence-corrected chi connectivity index (χ3v) is 1.80. The molecule has 0 saturated heterocycles. The molecule has 0 spiro atoms.